The first-order valence-electron chi connectivity index (χ1n) is 7.52. The first kappa shape index (κ1) is 15.6. The SMILES string of the molecule is CC1(C(=O)O)CCCN1C(=O)NCCC(=O)N1CCCC1. The van der Waals surface area contributed by atoms with E-state index in [4.69, 9.17) is 0 Å². The Morgan fingerprint density at radius 3 is 2.43 bits per heavy atom. The van der Waals surface area contributed by atoms with Gasteiger partial charge in [-0.3, -0.25) is 4.79 Å². The largest absolute Gasteiger partial charge is 0.480 e. The van der Waals surface area contributed by atoms with E-state index >= 15 is 0 Å². The van der Waals surface area contributed by atoms with Crippen LogP contribution in [0.1, 0.15) is 39.0 Å². The maximum atomic E-state index is 12.1. The van der Waals surface area contributed by atoms with Gasteiger partial charge in [0.15, 0.2) is 0 Å². The Bertz CT molecular complexity index is 434. The van der Waals surface area contributed by atoms with Crippen LogP contribution < -0.4 is 5.32 Å². The molecular formula is C14H23N3O4. The summed E-state index contributed by atoms with van der Waals surface area (Å²) >= 11 is 0. The number of carboxylic acids is 1. The van der Waals surface area contributed by atoms with Gasteiger partial charge in [-0.1, -0.05) is 0 Å². The molecule has 2 aliphatic heterocycles. The summed E-state index contributed by atoms with van der Waals surface area (Å²) in [6.45, 7) is 3.86. The van der Waals surface area contributed by atoms with Crippen LogP contribution in [0.5, 0.6) is 0 Å². The van der Waals surface area contributed by atoms with E-state index < -0.39 is 17.5 Å². The molecule has 2 heterocycles. The van der Waals surface area contributed by atoms with Crippen LogP contribution in [0, 0.1) is 0 Å². The number of likely N-dealkylation sites (tertiary alicyclic amines) is 2. The molecule has 0 saturated carbocycles. The van der Waals surface area contributed by atoms with Crippen LogP contribution in [0.2, 0.25) is 0 Å². The average Bonchev–Trinajstić information content (AvgIpc) is 3.08. The van der Waals surface area contributed by atoms with Crippen molar-refractivity contribution in [1.82, 2.24) is 15.1 Å². The summed E-state index contributed by atoms with van der Waals surface area (Å²) in [4.78, 5) is 38.4. The lowest BCUT2D eigenvalue weighted by atomic mass is 10.00. The number of carboxylic acid groups (broad SMARTS) is 1. The number of amides is 3. The summed E-state index contributed by atoms with van der Waals surface area (Å²) in [5.74, 6) is -0.932. The Balaban J connectivity index is 1.79. The van der Waals surface area contributed by atoms with Crippen LogP contribution in [-0.2, 0) is 9.59 Å². The van der Waals surface area contributed by atoms with Crippen LogP contribution >= 0.6 is 0 Å². The average molecular weight is 297 g/mol. The Hall–Kier alpha value is -1.79. The zero-order valence-electron chi connectivity index (χ0n) is 12.4. The van der Waals surface area contributed by atoms with E-state index in [0.29, 0.717) is 19.4 Å². The minimum Gasteiger partial charge on any atom is -0.480 e. The van der Waals surface area contributed by atoms with E-state index in [9.17, 15) is 19.5 Å². The van der Waals surface area contributed by atoms with E-state index in [0.717, 1.165) is 25.9 Å². The van der Waals surface area contributed by atoms with Gasteiger partial charge < -0.3 is 20.2 Å². The molecule has 0 radical (unpaired) electrons. The number of aliphatic carboxylic acids is 1. The van der Waals surface area contributed by atoms with Crippen molar-refractivity contribution in [2.75, 3.05) is 26.2 Å². The molecule has 0 spiro atoms. The fourth-order valence-corrected chi connectivity index (χ4v) is 3.01. The van der Waals surface area contributed by atoms with Gasteiger partial charge >= 0.3 is 12.0 Å². The quantitative estimate of drug-likeness (QED) is 0.797. The zero-order chi connectivity index (χ0) is 15.5. The van der Waals surface area contributed by atoms with Gasteiger partial charge in [0, 0.05) is 32.6 Å². The predicted molar refractivity (Wildman–Crippen MR) is 75.8 cm³/mol. The second-order valence-corrected chi connectivity index (χ2v) is 5.90. The monoisotopic (exact) mass is 297 g/mol. The number of nitrogens with one attached hydrogen (secondary N) is 1. The summed E-state index contributed by atoms with van der Waals surface area (Å²) < 4.78 is 0. The van der Waals surface area contributed by atoms with E-state index in [-0.39, 0.29) is 18.9 Å². The number of urea groups is 1. The second-order valence-electron chi connectivity index (χ2n) is 5.90. The van der Waals surface area contributed by atoms with Crippen LogP contribution in [0.15, 0.2) is 0 Å². The zero-order valence-corrected chi connectivity index (χ0v) is 12.4. The van der Waals surface area contributed by atoms with Crippen molar-refractivity contribution in [3.05, 3.63) is 0 Å². The Labute approximate surface area is 124 Å². The third-order valence-electron chi connectivity index (χ3n) is 4.42. The summed E-state index contributed by atoms with van der Waals surface area (Å²) in [6, 6.07) is -0.397. The Morgan fingerprint density at radius 2 is 1.81 bits per heavy atom. The van der Waals surface area contributed by atoms with Gasteiger partial charge in [-0.15, -0.1) is 0 Å². The van der Waals surface area contributed by atoms with Crippen molar-refractivity contribution < 1.29 is 19.5 Å². The van der Waals surface area contributed by atoms with Crippen molar-refractivity contribution >= 4 is 17.9 Å². The fourth-order valence-electron chi connectivity index (χ4n) is 3.01. The van der Waals surface area contributed by atoms with Gasteiger partial charge in [0.2, 0.25) is 5.91 Å². The minimum atomic E-state index is -1.14. The molecule has 2 fully saturated rings. The first-order valence-corrected chi connectivity index (χ1v) is 7.52. The van der Waals surface area contributed by atoms with Crippen molar-refractivity contribution in [3.63, 3.8) is 0 Å². The van der Waals surface area contributed by atoms with Crippen LogP contribution in [0.3, 0.4) is 0 Å². The molecule has 0 aromatic heterocycles. The van der Waals surface area contributed by atoms with Crippen LogP contribution in [0.4, 0.5) is 4.79 Å². The molecule has 118 valence electrons. The highest BCUT2D eigenvalue weighted by molar-refractivity contribution is 5.87. The molecule has 2 aliphatic rings. The van der Waals surface area contributed by atoms with Crippen molar-refractivity contribution in [1.29, 1.82) is 0 Å². The summed E-state index contributed by atoms with van der Waals surface area (Å²) in [5, 5.41) is 11.9. The van der Waals surface area contributed by atoms with Crippen molar-refractivity contribution in [3.8, 4) is 0 Å². The van der Waals surface area contributed by atoms with Crippen LogP contribution in [0.25, 0.3) is 0 Å². The molecule has 2 N–H and O–H groups in total. The van der Waals surface area contributed by atoms with Gasteiger partial charge in [0.1, 0.15) is 5.54 Å². The second kappa shape index (κ2) is 6.32. The molecule has 21 heavy (non-hydrogen) atoms. The lowest BCUT2D eigenvalue weighted by Crippen LogP contribution is -2.54. The number of nitrogens with zero attached hydrogens (tertiary/aromatic N) is 2. The molecule has 3 amide bonds. The molecule has 7 nitrogen and oxygen atoms in total. The van der Waals surface area contributed by atoms with E-state index in [1.165, 1.54) is 4.90 Å². The first-order chi connectivity index (χ1) is 9.95. The lowest BCUT2D eigenvalue weighted by molar-refractivity contribution is -0.147. The standard InChI is InChI=1S/C14H23N3O4/c1-14(12(19)20)6-4-10-17(14)13(21)15-7-5-11(18)16-8-2-3-9-16/h2-10H2,1H3,(H,15,21)(H,19,20). The highest BCUT2D eigenvalue weighted by atomic mass is 16.4. The van der Waals surface area contributed by atoms with E-state index in [1.807, 2.05) is 4.90 Å². The molecule has 2 saturated heterocycles. The molecule has 1 atom stereocenters. The molecule has 0 aromatic carbocycles. The lowest BCUT2D eigenvalue weighted by Gasteiger charge is -2.31. The van der Waals surface area contributed by atoms with Gasteiger partial charge in [-0.25, -0.2) is 9.59 Å². The summed E-state index contributed by atoms with van der Waals surface area (Å²) in [5.41, 5.74) is -1.14. The van der Waals surface area contributed by atoms with Gasteiger partial charge in [-0.05, 0) is 32.6 Å². The summed E-state index contributed by atoms with van der Waals surface area (Å²) in [6.07, 6.45) is 3.50. The third kappa shape index (κ3) is 3.28. The highest BCUT2D eigenvalue weighted by Gasteiger charge is 2.45. The molecule has 7 heteroatoms. The molecule has 0 bridgehead atoms. The van der Waals surface area contributed by atoms with Gasteiger partial charge in [0.25, 0.3) is 0 Å². The molecule has 0 aromatic rings. The molecular weight excluding hydrogens is 274 g/mol. The molecule has 2 rings (SSSR count). The number of rotatable bonds is 4. The minimum absolute atomic E-state index is 0.0511. The smallest absolute Gasteiger partial charge is 0.329 e. The summed E-state index contributed by atoms with van der Waals surface area (Å²) in [7, 11) is 0. The predicted octanol–water partition coefficient (Wildman–Crippen LogP) is 0.648. The fraction of sp³-hybridized carbons (Fsp3) is 0.786. The number of carbonyl (C=O) groups is 3. The maximum absolute atomic E-state index is 12.1. The number of hydrogen-bond acceptors (Lipinski definition) is 3. The molecule has 1 unspecified atom stereocenters. The highest BCUT2D eigenvalue weighted by Crippen LogP contribution is 2.29. The van der Waals surface area contributed by atoms with E-state index in [1.54, 1.807) is 6.92 Å². The van der Waals surface area contributed by atoms with Gasteiger partial charge in [-0.2, -0.15) is 0 Å². The topological polar surface area (TPSA) is 90.0 Å². The Kier molecular flexibility index (Phi) is 4.69. The number of carbonyl (C=O) groups excluding carboxylic acids is 2. The van der Waals surface area contributed by atoms with Gasteiger partial charge in [0.05, 0.1) is 0 Å². The van der Waals surface area contributed by atoms with Crippen LogP contribution in [-0.4, -0.2) is 64.5 Å². The van der Waals surface area contributed by atoms with E-state index in [2.05, 4.69) is 5.32 Å². The maximum Gasteiger partial charge on any atom is 0.329 e. The van der Waals surface area contributed by atoms with Crippen molar-refractivity contribution in [2.24, 2.45) is 0 Å². The number of hydrogen-bond donors (Lipinski definition) is 2. The molecule has 0 aliphatic carbocycles. The normalized spacial score (nSPS) is 25.2. The third-order valence-corrected chi connectivity index (χ3v) is 4.42. The van der Waals surface area contributed by atoms with Crippen molar-refractivity contribution in [2.45, 2.75) is 44.6 Å². The Morgan fingerprint density at radius 1 is 1.14 bits per heavy atom.